The molecule has 4 rings (SSSR count). The van der Waals surface area contributed by atoms with Crippen molar-refractivity contribution in [2.45, 2.75) is 27.2 Å². The van der Waals surface area contributed by atoms with E-state index in [1.165, 1.54) is 10.4 Å². The van der Waals surface area contributed by atoms with Crippen LogP contribution in [0.4, 0.5) is 11.5 Å². The van der Waals surface area contributed by atoms with E-state index in [0.717, 1.165) is 39.3 Å². The van der Waals surface area contributed by atoms with E-state index in [-0.39, 0.29) is 5.97 Å². The summed E-state index contributed by atoms with van der Waals surface area (Å²) in [6.07, 6.45) is 2.38. The van der Waals surface area contributed by atoms with Crippen LogP contribution in [-0.4, -0.2) is 22.5 Å². The summed E-state index contributed by atoms with van der Waals surface area (Å²) in [6.45, 7) is 6.60. The maximum Gasteiger partial charge on any atom is 0.338 e. The van der Waals surface area contributed by atoms with E-state index in [9.17, 15) is 4.79 Å². The average Bonchev–Trinajstić information content (AvgIpc) is 3.10. The Hall–Kier alpha value is -3.25. The molecule has 0 aliphatic rings. The molecule has 0 aliphatic heterocycles. The molecule has 6 heteroatoms. The van der Waals surface area contributed by atoms with Gasteiger partial charge in [-0.1, -0.05) is 36.8 Å². The van der Waals surface area contributed by atoms with Crippen LogP contribution in [0.15, 0.2) is 54.9 Å². The molecular weight excluding hydrogens is 394 g/mol. The fourth-order valence-corrected chi connectivity index (χ4v) is 4.32. The van der Waals surface area contributed by atoms with Gasteiger partial charge in [0.2, 0.25) is 0 Å². The van der Waals surface area contributed by atoms with Gasteiger partial charge in [-0.25, -0.2) is 14.8 Å². The number of fused-ring (bicyclic) bond motifs is 1. The first-order valence-corrected chi connectivity index (χ1v) is 10.7. The second-order valence-electron chi connectivity index (χ2n) is 7.14. The van der Waals surface area contributed by atoms with E-state index in [2.05, 4.69) is 53.4 Å². The molecule has 0 saturated carbocycles. The van der Waals surface area contributed by atoms with Gasteiger partial charge in [-0.3, -0.25) is 0 Å². The molecule has 0 fully saturated rings. The zero-order valence-corrected chi connectivity index (χ0v) is 18.0. The van der Waals surface area contributed by atoms with Gasteiger partial charge < -0.3 is 10.1 Å². The molecule has 4 aromatic rings. The predicted octanol–water partition coefficient (Wildman–Crippen LogP) is 6.29. The summed E-state index contributed by atoms with van der Waals surface area (Å²) in [5.74, 6) is 0.448. The number of rotatable bonds is 6. The van der Waals surface area contributed by atoms with Crippen molar-refractivity contribution in [1.29, 1.82) is 0 Å². The van der Waals surface area contributed by atoms with Crippen LogP contribution < -0.4 is 5.32 Å². The number of aryl methyl sites for hydroxylation is 2. The van der Waals surface area contributed by atoms with E-state index < -0.39 is 0 Å². The smallest absolute Gasteiger partial charge is 0.338 e. The normalized spacial score (nSPS) is 10.9. The number of hydrogen-bond donors (Lipinski definition) is 1. The van der Waals surface area contributed by atoms with Crippen LogP contribution in [0.3, 0.4) is 0 Å². The van der Waals surface area contributed by atoms with E-state index in [1.54, 1.807) is 29.8 Å². The number of aromatic nitrogens is 2. The quantitative estimate of drug-likeness (QED) is 0.374. The summed E-state index contributed by atoms with van der Waals surface area (Å²) in [6, 6.07) is 15.8. The number of thiophene rings is 1. The Labute approximate surface area is 179 Å². The van der Waals surface area contributed by atoms with Gasteiger partial charge in [0.1, 0.15) is 17.0 Å². The Balaban J connectivity index is 1.68. The van der Waals surface area contributed by atoms with Crippen molar-refractivity contribution in [3.63, 3.8) is 0 Å². The fourth-order valence-electron chi connectivity index (χ4n) is 3.31. The summed E-state index contributed by atoms with van der Waals surface area (Å²) in [5, 5.41) is 4.40. The minimum Gasteiger partial charge on any atom is -0.462 e. The highest BCUT2D eigenvalue weighted by Gasteiger charge is 2.17. The number of nitrogens with one attached hydrogen (secondary N) is 1. The van der Waals surface area contributed by atoms with Gasteiger partial charge in [0.15, 0.2) is 0 Å². The Morgan fingerprint density at radius 2 is 1.77 bits per heavy atom. The van der Waals surface area contributed by atoms with E-state index >= 15 is 0 Å². The van der Waals surface area contributed by atoms with Crippen LogP contribution in [-0.2, 0) is 4.74 Å². The van der Waals surface area contributed by atoms with Gasteiger partial charge >= 0.3 is 5.97 Å². The van der Waals surface area contributed by atoms with Crippen molar-refractivity contribution in [3.05, 3.63) is 70.9 Å². The third kappa shape index (κ3) is 4.04. The third-order valence-electron chi connectivity index (χ3n) is 4.83. The zero-order valence-electron chi connectivity index (χ0n) is 17.2. The molecule has 1 N–H and O–H groups in total. The van der Waals surface area contributed by atoms with Crippen LogP contribution in [0.25, 0.3) is 21.3 Å². The first kappa shape index (κ1) is 20.0. The van der Waals surface area contributed by atoms with Crippen LogP contribution in [0.2, 0.25) is 0 Å². The lowest BCUT2D eigenvalue weighted by Gasteiger charge is -2.10. The monoisotopic (exact) mass is 417 g/mol. The molecule has 0 amide bonds. The molecule has 0 saturated heterocycles. The van der Waals surface area contributed by atoms with Crippen molar-refractivity contribution in [2.75, 3.05) is 11.9 Å². The number of carbonyl (C=O) groups excluding carboxylic acids is 1. The third-order valence-corrected chi connectivity index (χ3v) is 5.84. The Bertz CT molecular complexity index is 1180. The van der Waals surface area contributed by atoms with Crippen molar-refractivity contribution in [1.82, 2.24) is 9.97 Å². The Kier molecular flexibility index (Phi) is 5.77. The topological polar surface area (TPSA) is 64.1 Å². The van der Waals surface area contributed by atoms with Gasteiger partial charge in [-0.2, -0.15) is 0 Å². The Morgan fingerprint density at radius 3 is 2.47 bits per heavy atom. The first-order chi connectivity index (χ1) is 14.6. The second-order valence-corrected chi connectivity index (χ2v) is 8.34. The SMILES string of the molecule is CCCOC(=O)c1ccc(Nc2ncnc3sc(C)c(-c4ccc(C)cc4)c23)cc1. The molecule has 0 spiro atoms. The highest BCUT2D eigenvalue weighted by Crippen LogP contribution is 2.41. The molecule has 0 atom stereocenters. The lowest BCUT2D eigenvalue weighted by Crippen LogP contribution is -2.05. The molecule has 0 radical (unpaired) electrons. The molecule has 2 aromatic carbocycles. The molecule has 0 unspecified atom stereocenters. The van der Waals surface area contributed by atoms with E-state index in [4.69, 9.17) is 4.74 Å². The molecule has 5 nitrogen and oxygen atoms in total. The largest absolute Gasteiger partial charge is 0.462 e. The molecule has 152 valence electrons. The van der Waals surface area contributed by atoms with Crippen molar-refractivity contribution >= 4 is 39.0 Å². The van der Waals surface area contributed by atoms with Gasteiger partial charge in [0.05, 0.1) is 17.6 Å². The number of carbonyl (C=O) groups is 1. The maximum atomic E-state index is 12.0. The number of hydrogen-bond acceptors (Lipinski definition) is 6. The van der Waals surface area contributed by atoms with Gasteiger partial charge in [-0.05, 0) is 50.1 Å². The van der Waals surface area contributed by atoms with Crippen LogP contribution in [0, 0.1) is 13.8 Å². The molecule has 0 aliphatic carbocycles. The minimum atomic E-state index is -0.303. The van der Waals surface area contributed by atoms with Crippen LogP contribution in [0.5, 0.6) is 0 Å². The predicted molar refractivity (Wildman–Crippen MR) is 123 cm³/mol. The van der Waals surface area contributed by atoms with Crippen LogP contribution >= 0.6 is 11.3 Å². The second kappa shape index (κ2) is 8.63. The lowest BCUT2D eigenvalue weighted by atomic mass is 10.0. The van der Waals surface area contributed by atoms with Crippen LogP contribution in [0.1, 0.15) is 34.1 Å². The number of esters is 1. The molecule has 2 heterocycles. The highest BCUT2D eigenvalue weighted by atomic mass is 32.1. The van der Waals surface area contributed by atoms with Crippen molar-refractivity contribution < 1.29 is 9.53 Å². The van der Waals surface area contributed by atoms with Crippen molar-refractivity contribution in [3.8, 4) is 11.1 Å². The molecule has 2 aromatic heterocycles. The highest BCUT2D eigenvalue weighted by molar-refractivity contribution is 7.19. The fraction of sp³-hybridized carbons (Fsp3) is 0.208. The summed E-state index contributed by atoms with van der Waals surface area (Å²) < 4.78 is 5.19. The summed E-state index contributed by atoms with van der Waals surface area (Å²) in [7, 11) is 0. The number of benzene rings is 2. The standard InChI is InChI=1S/C24H23N3O2S/c1-4-13-29-24(28)18-9-11-19(12-10-18)27-22-21-20(17-7-5-15(2)6-8-17)16(3)30-23(21)26-14-25-22/h5-12,14H,4,13H2,1-3H3,(H,25,26,27). The average molecular weight is 418 g/mol. The minimum absolute atomic E-state index is 0.303. The molecule has 30 heavy (non-hydrogen) atoms. The Morgan fingerprint density at radius 1 is 1.03 bits per heavy atom. The summed E-state index contributed by atoms with van der Waals surface area (Å²) >= 11 is 1.66. The summed E-state index contributed by atoms with van der Waals surface area (Å²) in [5.41, 5.74) is 4.91. The van der Waals surface area contributed by atoms with E-state index in [0.29, 0.717) is 12.2 Å². The molecule has 0 bridgehead atoms. The summed E-state index contributed by atoms with van der Waals surface area (Å²) in [4.78, 5) is 23.1. The van der Waals surface area contributed by atoms with Gasteiger partial charge in [-0.15, -0.1) is 11.3 Å². The number of nitrogens with zero attached hydrogens (tertiary/aromatic N) is 2. The zero-order chi connectivity index (χ0) is 21.1. The maximum absolute atomic E-state index is 12.0. The first-order valence-electron chi connectivity index (χ1n) is 9.92. The van der Waals surface area contributed by atoms with Crippen molar-refractivity contribution in [2.24, 2.45) is 0 Å². The van der Waals surface area contributed by atoms with Gasteiger partial charge in [0, 0.05) is 16.1 Å². The van der Waals surface area contributed by atoms with E-state index in [1.807, 2.05) is 19.1 Å². The lowest BCUT2D eigenvalue weighted by molar-refractivity contribution is 0.0505. The number of anilines is 2. The molecular formula is C24H23N3O2S. The number of ether oxygens (including phenoxy) is 1. The van der Waals surface area contributed by atoms with Gasteiger partial charge in [0.25, 0.3) is 0 Å².